The van der Waals surface area contributed by atoms with E-state index in [1.165, 1.54) is 21.3 Å². The number of hydrogen-bond acceptors (Lipinski definition) is 5. The molecule has 0 bridgehead atoms. The summed E-state index contributed by atoms with van der Waals surface area (Å²) < 4.78 is 15.2. The van der Waals surface area contributed by atoms with Gasteiger partial charge in [0.25, 0.3) is 5.79 Å². The predicted octanol–water partition coefficient (Wildman–Crippen LogP) is 2.72. The van der Waals surface area contributed by atoms with Crippen LogP contribution >= 0.6 is 11.8 Å². The molecule has 0 N–H and O–H groups in total. The number of ether oxygens (including phenoxy) is 3. The smallest absolute Gasteiger partial charge is 0.366 e. The monoisotopic (exact) mass is 284 g/mol. The van der Waals surface area contributed by atoms with Crippen LogP contribution in [0.3, 0.4) is 0 Å². The first-order valence-electron chi connectivity index (χ1n) is 5.98. The molecule has 1 aromatic rings. The van der Waals surface area contributed by atoms with Gasteiger partial charge in [0, 0.05) is 30.8 Å². The average molecular weight is 284 g/mol. The van der Waals surface area contributed by atoms with Crippen LogP contribution in [0, 0.1) is 0 Å². The first kappa shape index (κ1) is 16.0. The standard InChI is InChI=1S/C14H20O4S/c1-11(19-12-8-6-5-7-9-12)10-14(17-3,18-4)13(15)16-2/h5-9,11H,10H2,1-4H3. The zero-order valence-corrected chi connectivity index (χ0v) is 12.5. The van der Waals surface area contributed by atoms with E-state index in [4.69, 9.17) is 14.2 Å². The second-order valence-corrected chi connectivity index (χ2v) is 5.61. The van der Waals surface area contributed by atoms with E-state index in [0.29, 0.717) is 6.42 Å². The van der Waals surface area contributed by atoms with Crippen molar-refractivity contribution in [2.24, 2.45) is 0 Å². The molecule has 5 heteroatoms. The maximum Gasteiger partial charge on any atom is 0.366 e. The quantitative estimate of drug-likeness (QED) is 0.437. The fourth-order valence-electron chi connectivity index (χ4n) is 1.81. The summed E-state index contributed by atoms with van der Waals surface area (Å²) in [6.07, 6.45) is 0.409. The Labute approximate surface area is 118 Å². The highest BCUT2D eigenvalue weighted by molar-refractivity contribution is 7.99. The zero-order chi connectivity index (χ0) is 14.3. The molecule has 1 atom stereocenters. The van der Waals surface area contributed by atoms with Gasteiger partial charge in [-0.05, 0) is 12.1 Å². The second kappa shape index (κ2) is 7.53. The van der Waals surface area contributed by atoms with Crippen LogP contribution in [0.2, 0.25) is 0 Å². The molecule has 106 valence electrons. The summed E-state index contributed by atoms with van der Waals surface area (Å²) in [5.74, 6) is -1.85. The van der Waals surface area contributed by atoms with Crippen molar-refractivity contribution in [2.45, 2.75) is 29.3 Å². The van der Waals surface area contributed by atoms with E-state index < -0.39 is 11.8 Å². The van der Waals surface area contributed by atoms with Gasteiger partial charge in [-0.1, -0.05) is 25.1 Å². The maximum atomic E-state index is 11.8. The summed E-state index contributed by atoms with van der Waals surface area (Å²) in [6.45, 7) is 2.02. The van der Waals surface area contributed by atoms with Gasteiger partial charge in [-0.2, -0.15) is 0 Å². The summed E-state index contributed by atoms with van der Waals surface area (Å²) in [5.41, 5.74) is 0. The SMILES string of the molecule is COC(=O)C(CC(C)Sc1ccccc1)(OC)OC. The molecule has 19 heavy (non-hydrogen) atoms. The third-order valence-corrected chi connectivity index (χ3v) is 3.91. The van der Waals surface area contributed by atoms with Gasteiger partial charge in [0.1, 0.15) is 0 Å². The number of carbonyl (C=O) groups is 1. The van der Waals surface area contributed by atoms with Gasteiger partial charge >= 0.3 is 5.97 Å². The third kappa shape index (κ3) is 4.23. The number of hydrogen-bond donors (Lipinski definition) is 0. The summed E-state index contributed by atoms with van der Waals surface area (Å²) in [7, 11) is 4.21. The molecule has 1 aromatic carbocycles. The van der Waals surface area contributed by atoms with Crippen LogP contribution in [-0.2, 0) is 19.0 Å². The van der Waals surface area contributed by atoms with Crippen molar-refractivity contribution < 1.29 is 19.0 Å². The van der Waals surface area contributed by atoms with Gasteiger partial charge in [0.05, 0.1) is 7.11 Å². The van der Waals surface area contributed by atoms with E-state index >= 15 is 0 Å². The largest absolute Gasteiger partial charge is 0.465 e. The molecule has 1 unspecified atom stereocenters. The van der Waals surface area contributed by atoms with Gasteiger partial charge in [-0.3, -0.25) is 0 Å². The Hall–Kier alpha value is -1.04. The Bertz CT molecular complexity index is 390. The topological polar surface area (TPSA) is 44.8 Å². The molecule has 1 rings (SSSR count). The zero-order valence-electron chi connectivity index (χ0n) is 11.7. The highest BCUT2D eigenvalue weighted by Crippen LogP contribution is 2.31. The number of esters is 1. The lowest BCUT2D eigenvalue weighted by Crippen LogP contribution is -2.45. The number of rotatable bonds is 7. The fraction of sp³-hybridized carbons (Fsp3) is 0.500. The highest BCUT2D eigenvalue weighted by atomic mass is 32.2. The van der Waals surface area contributed by atoms with Crippen LogP contribution in [0.5, 0.6) is 0 Å². The van der Waals surface area contributed by atoms with E-state index in [1.54, 1.807) is 11.8 Å². The molecule has 0 heterocycles. The molecule has 0 radical (unpaired) electrons. The predicted molar refractivity (Wildman–Crippen MR) is 75.1 cm³/mol. The van der Waals surface area contributed by atoms with Crippen LogP contribution in [0.1, 0.15) is 13.3 Å². The van der Waals surface area contributed by atoms with Crippen molar-refractivity contribution in [3.8, 4) is 0 Å². The summed E-state index contributed by atoms with van der Waals surface area (Å²) in [4.78, 5) is 12.9. The lowest BCUT2D eigenvalue weighted by atomic mass is 10.1. The lowest BCUT2D eigenvalue weighted by molar-refractivity contribution is -0.229. The Morgan fingerprint density at radius 1 is 1.21 bits per heavy atom. The first-order chi connectivity index (χ1) is 9.07. The molecule has 0 saturated carbocycles. The molecule has 4 nitrogen and oxygen atoms in total. The maximum absolute atomic E-state index is 11.8. The Balaban J connectivity index is 2.71. The Morgan fingerprint density at radius 3 is 2.26 bits per heavy atom. The lowest BCUT2D eigenvalue weighted by Gasteiger charge is -2.29. The average Bonchev–Trinajstić information content (AvgIpc) is 2.45. The summed E-state index contributed by atoms with van der Waals surface area (Å²) in [5, 5.41) is 0.140. The van der Waals surface area contributed by atoms with Crippen molar-refractivity contribution in [1.82, 2.24) is 0 Å². The summed E-state index contributed by atoms with van der Waals surface area (Å²) >= 11 is 1.66. The van der Waals surface area contributed by atoms with E-state index in [0.717, 1.165) is 4.90 Å². The minimum atomic E-state index is -1.34. The van der Waals surface area contributed by atoms with Gasteiger partial charge in [0.2, 0.25) is 0 Å². The molecule has 0 aliphatic carbocycles. The first-order valence-corrected chi connectivity index (χ1v) is 6.86. The molecule has 0 aromatic heterocycles. The van der Waals surface area contributed by atoms with E-state index in [9.17, 15) is 4.79 Å². The molecule has 0 saturated heterocycles. The van der Waals surface area contributed by atoms with Crippen LogP contribution in [0.25, 0.3) is 0 Å². The number of benzene rings is 1. The van der Waals surface area contributed by atoms with Crippen LogP contribution in [-0.4, -0.2) is 38.3 Å². The molecule has 0 amide bonds. The van der Waals surface area contributed by atoms with Gasteiger partial charge in [-0.25, -0.2) is 4.79 Å². The van der Waals surface area contributed by atoms with Crippen molar-refractivity contribution in [3.63, 3.8) is 0 Å². The van der Waals surface area contributed by atoms with Crippen LogP contribution < -0.4 is 0 Å². The van der Waals surface area contributed by atoms with Crippen LogP contribution in [0.15, 0.2) is 35.2 Å². The fourth-order valence-corrected chi connectivity index (χ4v) is 2.89. The molecule has 0 aliphatic heterocycles. The minimum absolute atomic E-state index is 0.140. The third-order valence-electron chi connectivity index (χ3n) is 2.79. The Morgan fingerprint density at radius 2 is 1.79 bits per heavy atom. The van der Waals surface area contributed by atoms with E-state index in [1.807, 2.05) is 37.3 Å². The molecule has 0 aliphatic rings. The minimum Gasteiger partial charge on any atom is -0.465 e. The number of thioether (sulfide) groups is 1. The number of carbonyl (C=O) groups excluding carboxylic acids is 1. The van der Waals surface area contributed by atoms with Gasteiger partial charge < -0.3 is 14.2 Å². The summed E-state index contributed by atoms with van der Waals surface area (Å²) in [6, 6.07) is 9.99. The van der Waals surface area contributed by atoms with Crippen molar-refractivity contribution in [2.75, 3.05) is 21.3 Å². The van der Waals surface area contributed by atoms with Crippen molar-refractivity contribution in [3.05, 3.63) is 30.3 Å². The van der Waals surface area contributed by atoms with Gasteiger partial charge in [-0.15, -0.1) is 11.8 Å². The van der Waals surface area contributed by atoms with Crippen LogP contribution in [0.4, 0.5) is 0 Å². The number of methoxy groups -OCH3 is 3. The Kier molecular flexibility index (Phi) is 6.34. The molecule has 0 spiro atoms. The van der Waals surface area contributed by atoms with Crippen molar-refractivity contribution >= 4 is 17.7 Å². The van der Waals surface area contributed by atoms with E-state index in [-0.39, 0.29) is 5.25 Å². The normalized spacial score (nSPS) is 13.1. The second-order valence-electron chi connectivity index (χ2n) is 4.10. The van der Waals surface area contributed by atoms with E-state index in [2.05, 4.69) is 0 Å². The molecular formula is C14H20O4S. The van der Waals surface area contributed by atoms with Gasteiger partial charge in [0.15, 0.2) is 0 Å². The van der Waals surface area contributed by atoms with Crippen molar-refractivity contribution in [1.29, 1.82) is 0 Å². The highest BCUT2D eigenvalue weighted by Gasteiger charge is 2.41. The molecular weight excluding hydrogens is 264 g/mol. The molecule has 0 fully saturated rings.